The van der Waals surface area contributed by atoms with E-state index in [4.69, 9.17) is 10.8 Å². The number of aromatic carboxylic acids is 1. The molecule has 0 bridgehead atoms. The van der Waals surface area contributed by atoms with E-state index in [1.807, 2.05) is 13.8 Å². The minimum atomic E-state index is -0.915. The van der Waals surface area contributed by atoms with Gasteiger partial charge in [0, 0.05) is 5.69 Å². The Kier molecular flexibility index (Phi) is 4.44. The van der Waals surface area contributed by atoms with Gasteiger partial charge in [-0.15, -0.1) is 12.4 Å². The van der Waals surface area contributed by atoms with Crippen LogP contribution in [0.5, 0.6) is 0 Å². The van der Waals surface area contributed by atoms with E-state index in [0.717, 1.165) is 5.56 Å². The second-order valence-corrected chi connectivity index (χ2v) is 3.30. The highest BCUT2D eigenvalue weighted by molar-refractivity contribution is 5.88. The number of carboxylic acids is 1. The number of carbonyl (C=O) groups is 1. The average molecular weight is 216 g/mol. The van der Waals surface area contributed by atoms with Crippen LogP contribution in [0.2, 0.25) is 0 Å². The van der Waals surface area contributed by atoms with Crippen molar-refractivity contribution < 1.29 is 9.90 Å². The molecule has 0 atom stereocenters. The number of anilines is 1. The lowest BCUT2D eigenvalue weighted by Crippen LogP contribution is -2.02. The Morgan fingerprint density at radius 1 is 1.43 bits per heavy atom. The molecule has 0 spiro atoms. The van der Waals surface area contributed by atoms with E-state index in [2.05, 4.69) is 0 Å². The molecular formula is C10H14ClNO2. The number of nitrogen functional groups attached to an aromatic ring is 1. The van der Waals surface area contributed by atoms with E-state index in [0.29, 0.717) is 5.69 Å². The number of nitrogens with two attached hydrogens (primary N) is 1. The van der Waals surface area contributed by atoms with Crippen molar-refractivity contribution in [1.82, 2.24) is 0 Å². The average Bonchev–Trinajstić information content (AvgIpc) is 2.04. The quantitative estimate of drug-likeness (QED) is 0.746. The molecule has 14 heavy (non-hydrogen) atoms. The summed E-state index contributed by atoms with van der Waals surface area (Å²) >= 11 is 0. The van der Waals surface area contributed by atoms with Gasteiger partial charge in [-0.25, -0.2) is 4.79 Å². The van der Waals surface area contributed by atoms with Gasteiger partial charge in [0.2, 0.25) is 0 Å². The van der Waals surface area contributed by atoms with Crippen molar-refractivity contribution in [1.29, 1.82) is 0 Å². The second kappa shape index (κ2) is 4.86. The molecule has 1 aromatic rings. The summed E-state index contributed by atoms with van der Waals surface area (Å²) in [6, 6.07) is 4.78. The van der Waals surface area contributed by atoms with Crippen LogP contribution in [0.3, 0.4) is 0 Å². The molecule has 0 aromatic heterocycles. The Bertz CT molecular complexity index is 337. The predicted octanol–water partition coefficient (Wildman–Crippen LogP) is 2.51. The maximum absolute atomic E-state index is 10.6. The molecule has 1 rings (SSSR count). The van der Waals surface area contributed by atoms with Gasteiger partial charge < -0.3 is 10.8 Å². The zero-order valence-electron chi connectivity index (χ0n) is 8.15. The lowest BCUT2D eigenvalue weighted by atomic mass is 9.99. The normalized spacial score (nSPS) is 9.64. The van der Waals surface area contributed by atoms with Gasteiger partial charge in [-0.2, -0.15) is 0 Å². The van der Waals surface area contributed by atoms with Crippen LogP contribution in [-0.2, 0) is 0 Å². The maximum Gasteiger partial charge on any atom is 0.335 e. The van der Waals surface area contributed by atoms with Crippen LogP contribution in [0.1, 0.15) is 35.7 Å². The summed E-state index contributed by atoms with van der Waals surface area (Å²) in [6.07, 6.45) is 0. The number of benzene rings is 1. The molecule has 0 amide bonds. The number of hydrogen-bond acceptors (Lipinski definition) is 2. The summed E-state index contributed by atoms with van der Waals surface area (Å²) in [7, 11) is 0. The van der Waals surface area contributed by atoms with E-state index in [-0.39, 0.29) is 23.9 Å². The fourth-order valence-electron chi connectivity index (χ4n) is 1.21. The highest BCUT2D eigenvalue weighted by atomic mass is 35.5. The summed E-state index contributed by atoms with van der Waals surface area (Å²) < 4.78 is 0. The molecule has 4 heteroatoms. The molecule has 0 aliphatic heterocycles. The Morgan fingerprint density at radius 2 is 2.00 bits per heavy atom. The minimum absolute atomic E-state index is 0. The zero-order valence-corrected chi connectivity index (χ0v) is 8.97. The van der Waals surface area contributed by atoms with Crippen molar-refractivity contribution in [3.63, 3.8) is 0 Å². The first kappa shape index (κ1) is 12.8. The maximum atomic E-state index is 10.6. The van der Waals surface area contributed by atoms with E-state index < -0.39 is 5.97 Å². The number of carboxylic acid groups (broad SMARTS) is 1. The van der Waals surface area contributed by atoms with Gasteiger partial charge in [0.15, 0.2) is 0 Å². The molecule has 0 saturated heterocycles. The molecule has 0 aliphatic rings. The molecule has 3 N–H and O–H groups in total. The summed E-state index contributed by atoms with van der Waals surface area (Å²) in [5, 5.41) is 8.74. The fraction of sp³-hybridized carbons (Fsp3) is 0.300. The molecule has 0 heterocycles. The lowest BCUT2D eigenvalue weighted by molar-refractivity contribution is 0.0697. The van der Waals surface area contributed by atoms with Crippen LogP contribution in [0.15, 0.2) is 18.2 Å². The highest BCUT2D eigenvalue weighted by Gasteiger charge is 2.08. The van der Waals surface area contributed by atoms with Gasteiger partial charge >= 0.3 is 5.97 Å². The summed E-state index contributed by atoms with van der Waals surface area (Å²) in [4.78, 5) is 10.6. The first-order valence-corrected chi connectivity index (χ1v) is 4.15. The predicted molar refractivity (Wildman–Crippen MR) is 59.2 cm³/mol. The fourth-order valence-corrected chi connectivity index (χ4v) is 1.21. The third-order valence-electron chi connectivity index (χ3n) is 1.96. The topological polar surface area (TPSA) is 63.3 Å². The number of halogens is 1. The smallest absolute Gasteiger partial charge is 0.335 e. The zero-order chi connectivity index (χ0) is 10.0. The standard InChI is InChI=1S/C10H13NO2.ClH/c1-6(2)8-5-7(10(12)13)3-4-9(8)11;/h3-6H,11H2,1-2H3,(H,12,13);1H. The van der Waals surface area contributed by atoms with Crippen LogP contribution >= 0.6 is 12.4 Å². The first-order chi connectivity index (χ1) is 6.02. The van der Waals surface area contributed by atoms with Gasteiger partial charge in [-0.05, 0) is 29.7 Å². The molecule has 0 radical (unpaired) electrons. The van der Waals surface area contributed by atoms with Crippen molar-refractivity contribution >= 4 is 24.1 Å². The van der Waals surface area contributed by atoms with Gasteiger partial charge in [0.05, 0.1) is 5.56 Å². The Labute approximate surface area is 89.3 Å². The van der Waals surface area contributed by atoms with Gasteiger partial charge in [-0.3, -0.25) is 0 Å². The Hall–Kier alpha value is -1.22. The van der Waals surface area contributed by atoms with E-state index in [9.17, 15) is 4.79 Å². The molecule has 0 fully saturated rings. The van der Waals surface area contributed by atoms with Crippen LogP contribution in [0.4, 0.5) is 5.69 Å². The van der Waals surface area contributed by atoms with Gasteiger partial charge in [0.25, 0.3) is 0 Å². The Morgan fingerprint density at radius 3 is 2.43 bits per heavy atom. The summed E-state index contributed by atoms with van der Waals surface area (Å²) in [5.41, 5.74) is 7.53. The minimum Gasteiger partial charge on any atom is -0.478 e. The Balaban J connectivity index is 0.00000169. The largest absolute Gasteiger partial charge is 0.478 e. The number of hydrogen-bond donors (Lipinski definition) is 2. The lowest BCUT2D eigenvalue weighted by Gasteiger charge is -2.09. The molecule has 3 nitrogen and oxygen atoms in total. The second-order valence-electron chi connectivity index (χ2n) is 3.30. The van der Waals surface area contributed by atoms with Crippen LogP contribution < -0.4 is 5.73 Å². The summed E-state index contributed by atoms with van der Waals surface area (Å²) in [6.45, 7) is 3.97. The summed E-state index contributed by atoms with van der Waals surface area (Å²) in [5.74, 6) is -0.666. The molecule has 78 valence electrons. The van der Waals surface area contributed by atoms with Crippen molar-refractivity contribution in [3.8, 4) is 0 Å². The van der Waals surface area contributed by atoms with E-state index >= 15 is 0 Å². The van der Waals surface area contributed by atoms with Crippen LogP contribution in [0, 0.1) is 0 Å². The SMILES string of the molecule is CC(C)c1cc(C(=O)O)ccc1N.Cl. The third-order valence-corrected chi connectivity index (χ3v) is 1.96. The van der Waals surface area contributed by atoms with E-state index in [1.54, 1.807) is 12.1 Å². The monoisotopic (exact) mass is 215 g/mol. The molecule has 0 saturated carbocycles. The van der Waals surface area contributed by atoms with Crippen molar-refractivity contribution in [3.05, 3.63) is 29.3 Å². The molecule has 0 unspecified atom stereocenters. The van der Waals surface area contributed by atoms with Crippen LogP contribution in [0.25, 0.3) is 0 Å². The van der Waals surface area contributed by atoms with Gasteiger partial charge in [-0.1, -0.05) is 13.8 Å². The third kappa shape index (κ3) is 2.64. The van der Waals surface area contributed by atoms with Crippen molar-refractivity contribution in [2.24, 2.45) is 0 Å². The van der Waals surface area contributed by atoms with Crippen molar-refractivity contribution in [2.45, 2.75) is 19.8 Å². The molecule has 0 aliphatic carbocycles. The first-order valence-electron chi connectivity index (χ1n) is 4.15. The number of rotatable bonds is 2. The van der Waals surface area contributed by atoms with Crippen molar-refractivity contribution in [2.75, 3.05) is 5.73 Å². The molecule has 1 aromatic carbocycles. The van der Waals surface area contributed by atoms with Gasteiger partial charge in [0.1, 0.15) is 0 Å². The highest BCUT2D eigenvalue weighted by Crippen LogP contribution is 2.22. The van der Waals surface area contributed by atoms with Crippen LogP contribution in [-0.4, -0.2) is 11.1 Å². The van der Waals surface area contributed by atoms with E-state index in [1.165, 1.54) is 6.07 Å². The molecular weight excluding hydrogens is 202 g/mol.